The van der Waals surface area contributed by atoms with Crippen molar-refractivity contribution < 1.29 is 30.0 Å². The first-order chi connectivity index (χ1) is 17.2. The van der Waals surface area contributed by atoms with Crippen LogP contribution in [0.2, 0.25) is 0 Å². The van der Waals surface area contributed by atoms with Crippen molar-refractivity contribution in [1.82, 2.24) is 9.97 Å². The van der Waals surface area contributed by atoms with Crippen molar-refractivity contribution >= 4 is 27.5 Å². The molecule has 4 rings (SSSR count). The Labute approximate surface area is 242 Å². The fraction of sp³-hybridized carbons (Fsp3) is 0.333. The van der Waals surface area contributed by atoms with Crippen molar-refractivity contribution in [2.75, 3.05) is 0 Å². The summed E-state index contributed by atoms with van der Waals surface area (Å²) >= 11 is 0. The number of benzene rings is 3. The first-order valence-electron chi connectivity index (χ1n) is 12.7. The van der Waals surface area contributed by atoms with Gasteiger partial charge in [0, 0.05) is 56.0 Å². The Morgan fingerprint density at radius 3 is 2.24 bits per heavy atom. The number of fused-ring (bicyclic) bond motifs is 3. The first-order valence-corrected chi connectivity index (χ1v) is 12.7. The van der Waals surface area contributed by atoms with E-state index in [1.54, 1.807) is 0 Å². The van der Waals surface area contributed by atoms with E-state index in [1.807, 2.05) is 58.2 Å². The topological polar surface area (TPSA) is 63.1 Å². The molecule has 38 heavy (non-hydrogen) atoms. The number of allylic oxidation sites excluding steroid dienone is 2. The number of aliphatic hydroxyl groups excluding tert-OH is 1. The van der Waals surface area contributed by atoms with Crippen molar-refractivity contribution in [3.63, 3.8) is 0 Å². The van der Waals surface area contributed by atoms with Gasteiger partial charge in [-0.2, -0.15) is 0 Å². The van der Waals surface area contributed by atoms with E-state index in [4.69, 9.17) is 4.98 Å². The monoisotopic (exact) mass is 689 g/mol. The van der Waals surface area contributed by atoms with E-state index < -0.39 is 0 Å². The molecule has 4 aromatic rings. The van der Waals surface area contributed by atoms with Gasteiger partial charge in [0.1, 0.15) is 0 Å². The van der Waals surface area contributed by atoms with Gasteiger partial charge in [0.15, 0.2) is 5.78 Å². The third-order valence-electron chi connectivity index (χ3n) is 5.77. The van der Waals surface area contributed by atoms with Gasteiger partial charge in [-0.3, -0.25) is 14.8 Å². The Morgan fingerprint density at radius 2 is 1.63 bits per heavy atom. The van der Waals surface area contributed by atoms with Crippen LogP contribution in [0.3, 0.4) is 0 Å². The molecule has 1 heterocycles. The number of hydrogen-bond donors (Lipinski definition) is 1. The van der Waals surface area contributed by atoms with Gasteiger partial charge in [0.25, 0.3) is 0 Å². The summed E-state index contributed by atoms with van der Waals surface area (Å²) in [6.45, 7) is 12.5. The van der Waals surface area contributed by atoms with Crippen molar-refractivity contribution in [3.05, 3.63) is 91.7 Å². The van der Waals surface area contributed by atoms with Crippen LogP contribution in [0.15, 0.2) is 72.6 Å². The molecule has 0 aliphatic heterocycles. The van der Waals surface area contributed by atoms with E-state index in [-0.39, 0.29) is 39.1 Å². The molecule has 4 nitrogen and oxygen atoms in total. The molecule has 0 amide bonds. The zero-order valence-electron chi connectivity index (χ0n) is 23.6. The van der Waals surface area contributed by atoms with Crippen LogP contribution < -0.4 is 0 Å². The summed E-state index contributed by atoms with van der Waals surface area (Å²) in [4.78, 5) is 20.5. The van der Waals surface area contributed by atoms with Gasteiger partial charge in [0.05, 0.1) is 17.1 Å². The molecule has 0 atom stereocenters. The second kappa shape index (κ2) is 15.5. The van der Waals surface area contributed by atoms with E-state index in [0.717, 1.165) is 22.3 Å². The molecule has 3 aromatic carbocycles. The van der Waals surface area contributed by atoms with E-state index in [1.165, 1.54) is 22.4 Å². The summed E-state index contributed by atoms with van der Waals surface area (Å²) in [5, 5.41) is 12.9. The number of aromatic nitrogens is 2. The predicted octanol–water partition coefficient (Wildman–Crippen LogP) is 8.91. The molecule has 0 spiro atoms. The molecular weight excluding hydrogens is 649 g/mol. The molecule has 0 saturated heterocycles. The molecule has 205 valence electrons. The Balaban J connectivity index is 0.000000421. The number of rotatable bonds is 7. The second-order valence-corrected chi connectivity index (χ2v) is 10.4. The van der Waals surface area contributed by atoms with Gasteiger partial charge < -0.3 is 12.5 Å². The first kappa shape index (κ1) is 33.1. The summed E-state index contributed by atoms with van der Waals surface area (Å²) in [5.41, 5.74) is 3.29. The fourth-order valence-electron chi connectivity index (χ4n) is 4.17. The molecule has 0 fully saturated rings. The zero-order chi connectivity index (χ0) is 26.2. The third kappa shape index (κ3) is 9.15. The summed E-state index contributed by atoms with van der Waals surface area (Å²) in [5.74, 6) is 2.19. The van der Waals surface area contributed by atoms with Crippen LogP contribution in [0.4, 0.5) is 0 Å². The molecule has 0 unspecified atom stereocenters. The maximum Gasteiger partial charge on any atom is 0.159 e. The minimum atomic E-state index is 0. The van der Waals surface area contributed by atoms with Gasteiger partial charge in [-0.05, 0) is 28.7 Å². The van der Waals surface area contributed by atoms with Crippen LogP contribution in [0.5, 0.6) is 0 Å². The number of nitrogens with zero attached hydrogens (tertiary/aromatic N) is 2. The van der Waals surface area contributed by atoms with E-state index in [0.29, 0.717) is 30.6 Å². The SMILES string of the molecule is CC(C)CC(=O)/C=C(\O)CC(C)C.CC(C)c1cccc2c1ccc1cnc(-c3[c-]cccc3)nc12.[CH3-].[Ir]. The number of ketones is 1. The zero-order valence-corrected chi connectivity index (χ0v) is 26.0. The number of carbonyl (C=O) groups excluding carboxylic acids is 1. The molecule has 5 heteroatoms. The van der Waals surface area contributed by atoms with E-state index >= 15 is 0 Å². The van der Waals surface area contributed by atoms with Crippen LogP contribution in [-0.4, -0.2) is 20.9 Å². The maximum atomic E-state index is 11.2. The van der Waals surface area contributed by atoms with Crippen LogP contribution >= 0.6 is 0 Å². The maximum absolute atomic E-state index is 11.2. The quantitative estimate of drug-likeness (QED) is 0.0912. The Kier molecular flexibility index (Phi) is 13.5. The van der Waals surface area contributed by atoms with Crippen LogP contribution in [-0.2, 0) is 24.9 Å². The number of carbonyl (C=O) groups is 1. The average Bonchev–Trinajstić information content (AvgIpc) is 2.83. The molecule has 1 N–H and O–H groups in total. The summed E-state index contributed by atoms with van der Waals surface area (Å²) in [7, 11) is 0. The fourth-order valence-corrected chi connectivity index (χ4v) is 4.17. The third-order valence-corrected chi connectivity index (χ3v) is 5.77. The smallest absolute Gasteiger partial charge is 0.159 e. The average molecular weight is 689 g/mol. The van der Waals surface area contributed by atoms with Crippen LogP contribution in [0.1, 0.15) is 65.9 Å². The minimum absolute atomic E-state index is 0. The molecule has 1 aromatic heterocycles. The van der Waals surface area contributed by atoms with E-state index in [2.05, 4.69) is 55.2 Å². The Bertz CT molecular complexity index is 1350. The van der Waals surface area contributed by atoms with Crippen molar-refractivity contribution in [1.29, 1.82) is 0 Å². The Morgan fingerprint density at radius 1 is 0.921 bits per heavy atom. The number of hydrogen-bond acceptors (Lipinski definition) is 4. The molecular formula is C33H40IrN2O2-2. The normalized spacial score (nSPS) is 11.2. The predicted molar refractivity (Wildman–Crippen MR) is 156 cm³/mol. The van der Waals surface area contributed by atoms with Gasteiger partial charge in [-0.15, -0.1) is 35.9 Å². The Hall–Kier alpha value is -2.88. The molecule has 0 aliphatic rings. The van der Waals surface area contributed by atoms with Crippen molar-refractivity contribution in [3.8, 4) is 11.4 Å². The molecule has 0 aliphatic carbocycles. The van der Waals surface area contributed by atoms with Crippen LogP contribution in [0.25, 0.3) is 33.1 Å². The largest absolute Gasteiger partial charge is 0.512 e. The second-order valence-electron chi connectivity index (χ2n) is 10.4. The van der Waals surface area contributed by atoms with E-state index in [9.17, 15) is 9.90 Å². The van der Waals surface area contributed by atoms with Gasteiger partial charge in [0.2, 0.25) is 0 Å². The summed E-state index contributed by atoms with van der Waals surface area (Å²) in [6, 6.07) is 21.8. The van der Waals surface area contributed by atoms with Crippen molar-refractivity contribution in [2.24, 2.45) is 11.8 Å². The van der Waals surface area contributed by atoms with Gasteiger partial charge in [-0.1, -0.05) is 71.9 Å². The summed E-state index contributed by atoms with van der Waals surface area (Å²) in [6.07, 6.45) is 4.37. The number of aliphatic hydroxyl groups is 1. The molecule has 0 bridgehead atoms. The van der Waals surface area contributed by atoms with Crippen molar-refractivity contribution in [2.45, 2.75) is 60.3 Å². The molecule has 0 saturated carbocycles. The standard InChI is InChI=1S/C21H17N2.C11H20O2.CH3.Ir/c1-14(2)17-9-6-10-19-18(17)12-11-16-13-22-21(23-20(16)19)15-7-4-3-5-8-15;1-8(2)5-10(12)7-11(13)6-9(3)4;;/h3-7,9-14H,1-2H3;7-9,12H,5-6H2,1-4H3;1H3;/q-1;;-1;/b;10-7-;;. The minimum Gasteiger partial charge on any atom is -0.512 e. The summed E-state index contributed by atoms with van der Waals surface area (Å²) < 4.78 is 0. The van der Waals surface area contributed by atoms with Gasteiger partial charge in [-0.25, -0.2) is 0 Å². The van der Waals surface area contributed by atoms with Crippen LogP contribution in [0, 0.1) is 25.3 Å². The molecule has 1 radical (unpaired) electrons. The van der Waals surface area contributed by atoms with Gasteiger partial charge >= 0.3 is 0 Å².